The smallest absolute Gasteiger partial charge is 0.195 e. The molecule has 2 nitrogen and oxygen atoms in total. The van der Waals surface area contributed by atoms with Gasteiger partial charge in [0, 0.05) is 22.4 Å². The summed E-state index contributed by atoms with van der Waals surface area (Å²) in [5.74, 6) is 0.204. The molecule has 0 N–H and O–H groups in total. The summed E-state index contributed by atoms with van der Waals surface area (Å²) < 4.78 is 5.93. The van der Waals surface area contributed by atoms with E-state index in [2.05, 4.69) is 0 Å². The van der Waals surface area contributed by atoms with Gasteiger partial charge in [-0.15, -0.1) is 11.3 Å². The molecule has 0 unspecified atom stereocenters. The van der Waals surface area contributed by atoms with Gasteiger partial charge in [-0.3, -0.25) is 4.79 Å². The van der Waals surface area contributed by atoms with Crippen molar-refractivity contribution in [3.63, 3.8) is 0 Å². The van der Waals surface area contributed by atoms with E-state index in [-0.39, 0.29) is 5.78 Å². The van der Waals surface area contributed by atoms with Gasteiger partial charge < -0.3 is 4.74 Å². The van der Waals surface area contributed by atoms with Gasteiger partial charge in [-0.2, -0.15) is 0 Å². The molecule has 0 spiro atoms. The van der Waals surface area contributed by atoms with Crippen molar-refractivity contribution in [3.05, 3.63) is 21.9 Å². The van der Waals surface area contributed by atoms with Gasteiger partial charge in [-0.25, -0.2) is 0 Å². The van der Waals surface area contributed by atoms with Crippen LogP contribution in [0.25, 0.3) is 0 Å². The Morgan fingerprint density at radius 3 is 2.50 bits per heavy atom. The lowest BCUT2D eigenvalue weighted by Gasteiger charge is -2.30. The SMILES string of the molecule is CCOC1(C(=O)c2csc(C)c2)CCCCCC1. The fourth-order valence-electron chi connectivity index (χ4n) is 2.84. The molecule has 1 aliphatic rings. The van der Waals surface area contributed by atoms with Crippen LogP contribution in [-0.4, -0.2) is 18.0 Å². The zero-order valence-electron chi connectivity index (χ0n) is 11.3. The van der Waals surface area contributed by atoms with Crippen molar-refractivity contribution in [1.82, 2.24) is 0 Å². The number of carbonyl (C=O) groups is 1. The van der Waals surface area contributed by atoms with E-state index in [9.17, 15) is 4.79 Å². The summed E-state index contributed by atoms with van der Waals surface area (Å²) in [6.07, 6.45) is 6.43. The number of hydrogen-bond donors (Lipinski definition) is 0. The van der Waals surface area contributed by atoms with Crippen LogP contribution in [0.1, 0.15) is 60.7 Å². The number of rotatable bonds is 4. The number of Topliss-reactive ketones (excluding diaryl/α,β-unsaturated/α-hetero) is 1. The molecule has 1 aromatic heterocycles. The Kier molecular flexibility index (Phi) is 4.57. The third-order valence-electron chi connectivity index (χ3n) is 3.74. The Hall–Kier alpha value is -0.670. The summed E-state index contributed by atoms with van der Waals surface area (Å²) in [5.41, 5.74) is 0.298. The van der Waals surface area contributed by atoms with Crippen molar-refractivity contribution in [2.75, 3.05) is 6.61 Å². The normalized spacial score (nSPS) is 19.4. The van der Waals surface area contributed by atoms with Gasteiger partial charge in [0.15, 0.2) is 5.78 Å². The molecule has 0 aliphatic heterocycles. The summed E-state index contributed by atoms with van der Waals surface area (Å²) in [7, 11) is 0. The monoisotopic (exact) mass is 266 g/mol. The molecular formula is C15H22O2S. The summed E-state index contributed by atoms with van der Waals surface area (Å²) in [4.78, 5) is 14.0. The minimum atomic E-state index is -0.543. The molecule has 3 heteroatoms. The molecule has 18 heavy (non-hydrogen) atoms. The first-order chi connectivity index (χ1) is 8.68. The average molecular weight is 266 g/mol. The van der Waals surface area contributed by atoms with Crippen LogP contribution in [0, 0.1) is 6.92 Å². The molecular weight excluding hydrogens is 244 g/mol. The maximum Gasteiger partial charge on any atom is 0.195 e. The molecule has 1 aliphatic carbocycles. The zero-order chi connectivity index (χ0) is 13.0. The maximum atomic E-state index is 12.8. The molecule has 0 amide bonds. The standard InChI is InChI=1S/C15H22O2S/c1-3-17-15(8-6-4-5-7-9-15)14(16)13-10-12(2)18-11-13/h10-11H,3-9H2,1-2H3. The summed E-state index contributed by atoms with van der Waals surface area (Å²) in [6.45, 7) is 4.65. The molecule has 0 atom stereocenters. The molecule has 1 saturated carbocycles. The largest absolute Gasteiger partial charge is 0.367 e. The van der Waals surface area contributed by atoms with Gasteiger partial charge in [0.25, 0.3) is 0 Å². The minimum Gasteiger partial charge on any atom is -0.367 e. The number of aryl methyl sites for hydroxylation is 1. The average Bonchev–Trinajstić information content (AvgIpc) is 2.64. The molecule has 0 bridgehead atoms. The molecule has 1 fully saturated rings. The van der Waals surface area contributed by atoms with Crippen molar-refractivity contribution in [2.24, 2.45) is 0 Å². The van der Waals surface area contributed by atoms with Crippen molar-refractivity contribution < 1.29 is 9.53 Å². The number of carbonyl (C=O) groups excluding carboxylic acids is 1. The Bertz CT molecular complexity index is 400. The van der Waals surface area contributed by atoms with Crippen molar-refractivity contribution in [1.29, 1.82) is 0 Å². The Labute approximate surface area is 113 Å². The van der Waals surface area contributed by atoms with Crippen molar-refractivity contribution >= 4 is 17.1 Å². The molecule has 0 radical (unpaired) electrons. The fraction of sp³-hybridized carbons (Fsp3) is 0.667. The van der Waals surface area contributed by atoms with Crippen LogP contribution < -0.4 is 0 Å². The Morgan fingerprint density at radius 2 is 2.00 bits per heavy atom. The second kappa shape index (κ2) is 5.98. The van der Waals surface area contributed by atoms with E-state index in [1.54, 1.807) is 11.3 Å². The highest BCUT2D eigenvalue weighted by Gasteiger charge is 2.39. The van der Waals surface area contributed by atoms with Gasteiger partial charge in [-0.1, -0.05) is 25.7 Å². The molecule has 1 aromatic rings. The van der Waals surface area contributed by atoms with Crippen LogP contribution in [0.3, 0.4) is 0 Å². The van der Waals surface area contributed by atoms with Gasteiger partial charge >= 0.3 is 0 Å². The summed E-state index contributed by atoms with van der Waals surface area (Å²) in [5, 5.41) is 1.98. The summed E-state index contributed by atoms with van der Waals surface area (Å²) in [6, 6.07) is 2.00. The highest BCUT2D eigenvalue weighted by molar-refractivity contribution is 7.10. The van der Waals surface area contributed by atoms with Crippen molar-refractivity contribution in [2.45, 2.75) is 58.0 Å². The second-order valence-corrected chi connectivity index (χ2v) is 6.23. The maximum absolute atomic E-state index is 12.8. The van der Waals surface area contributed by atoms with E-state index in [1.165, 1.54) is 17.7 Å². The van der Waals surface area contributed by atoms with Gasteiger partial charge in [0.05, 0.1) is 0 Å². The quantitative estimate of drug-likeness (QED) is 0.597. The molecule has 2 rings (SSSR count). The van der Waals surface area contributed by atoms with Crippen LogP contribution in [0.2, 0.25) is 0 Å². The number of hydrogen-bond acceptors (Lipinski definition) is 3. The van der Waals surface area contributed by atoms with Gasteiger partial charge in [0.2, 0.25) is 0 Å². The topological polar surface area (TPSA) is 26.3 Å². The third-order valence-corrected chi connectivity index (χ3v) is 4.60. The lowest BCUT2D eigenvalue weighted by molar-refractivity contribution is -0.0292. The molecule has 1 heterocycles. The fourth-order valence-corrected chi connectivity index (χ4v) is 3.52. The Balaban J connectivity index is 2.25. The molecule has 0 saturated heterocycles. The first-order valence-electron chi connectivity index (χ1n) is 6.92. The molecule has 100 valence electrons. The zero-order valence-corrected chi connectivity index (χ0v) is 12.1. The van der Waals surface area contributed by atoms with Gasteiger partial charge in [-0.05, 0) is 32.8 Å². The van der Waals surface area contributed by atoms with E-state index >= 15 is 0 Å². The van der Waals surface area contributed by atoms with Crippen LogP contribution in [-0.2, 0) is 4.74 Å². The lowest BCUT2D eigenvalue weighted by Crippen LogP contribution is -2.41. The van der Waals surface area contributed by atoms with E-state index in [1.807, 2.05) is 25.3 Å². The van der Waals surface area contributed by atoms with Crippen LogP contribution in [0.4, 0.5) is 0 Å². The van der Waals surface area contributed by atoms with E-state index in [0.29, 0.717) is 6.61 Å². The lowest BCUT2D eigenvalue weighted by atomic mass is 9.86. The predicted molar refractivity (Wildman–Crippen MR) is 75.4 cm³/mol. The minimum absolute atomic E-state index is 0.204. The van der Waals surface area contributed by atoms with E-state index in [4.69, 9.17) is 4.74 Å². The second-order valence-electron chi connectivity index (χ2n) is 5.12. The van der Waals surface area contributed by atoms with Gasteiger partial charge in [0.1, 0.15) is 5.60 Å². The van der Waals surface area contributed by atoms with Crippen LogP contribution in [0.15, 0.2) is 11.4 Å². The Morgan fingerprint density at radius 1 is 1.33 bits per heavy atom. The van der Waals surface area contributed by atoms with Crippen LogP contribution >= 0.6 is 11.3 Å². The predicted octanol–water partition coefficient (Wildman–Crippen LogP) is 4.37. The highest BCUT2D eigenvalue weighted by Crippen LogP contribution is 2.34. The van der Waals surface area contributed by atoms with E-state index in [0.717, 1.165) is 31.2 Å². The highest BCUT2D eigenvalue weighted by atomic mass is 32.1. The first kappa shape index (κ1) is 13.8. The number of ether oxygens (including phenoxy) is 1. The van der Waals surface area contributed by atoms with Crippen molar-refractivity contribution in [3.8, 4) is 0 Å². The molecule has 0 aromatic carbocycles. The van der Waals surface area contributed by atoms with E-state index < -0.39 is 5.60 Å². The summed E-state index contributed by atoms with van der Waals surface area (Å²) >= 11 is 1.64. The first-order valence-corrected chi connectivity index (χ1v) is 7.80. The third kappa shape index (κ3) is 2.83. The van der Waals surface area contributed by atoms with Crippen LogP contribution in [0.5, 0.6) is 0 Å². The number of ketones is 1. The number of thiophene rings is 1.